The predicted molar refractivity (Wildman–Crippen MR) is 148 cm³/mol. The zero-order valence-corrected chi connectivity index (χ0v) is 23.5. The number of carbonyl (C=O) groups is 2. The number of nitrogens with one attached hydrogen (secondary N) is 1. The van der Waals surface area contributed by atoms with Crippen LogP contribution >= 0.6 is 0 Å². The molecule has 2 aliphatic heterocycles. The summed E-state index contributed by atoms with van der Waals surface area (Å²) < 4.78 is 16.4. The van der Waals surface area contributed by atoms with Gasteiger partial charge in [0.1, 0.15) is 23.9 Å². The number of Topliss-reactive ketones (excluding diaryl/α,β-unsaturated/α-hetero) is 1. The Bertz CT molecular complexity index is 1300. The van der Waals surface area contributed by atoms with Crippen molar-refractivity contribution in [1.82, 2.24) is 9.88 Å². The average Bonchev–Trinajstić information content (AvgIpc) is 3.58. The number of rotatable bonds is 9. The molecule has 9 nitrogen and oxygen atoms in total. The average molecular weight is 535 g/mol. The topological polar surface area (TPSA) is 105 Å². The Labute approximate surface area is 229 Å². The Balaban J connectivity index is 1.38. The van der Waals surface area contributed by atoms with Crippen molar-refractivity contribution in [2.75, 3.05) is 45.4 Å². The van der Waals surface area contributed by atoms with Crippen LogP contribution in [0.5, 0.6) is 5.75 Å². The summed E-state index contributed by atoms with van der Waals surface area (Å²) in [5.41, 5.74) is 4.86. The zero-order chi connectivity index (χ0) is 27.9. The first-order valence-electron chi connectivity index (χ1n) is 13.6. The summed E-state index contributed by atoms with van der Waals surface area (Å²) in [5.74, 6) is 1.12. The number of aromatic nitrogens is 1. The van der Waals surface area contributed by atoms with Gasteiger partial charge in [-0.3, -0.25) is 10.2 Å². The highest BCUT2D eigenvalue weighted by Crippen LogP contribution is 2.42. The molecule has 1 unspecified atom stereocenters. The molecule has 1 saturated carbocycles. The number of benzene rings is 1. The minimum atomic E-state index is -0.401. The highest BCUT2D eigenvalue weighted by atomic mass is 16.6. The minimum Gasteiger partial charge on any atom is -0.494 e. The molecular weight excluding hydrogens is 496 g/mol. The van der Waals surface area contributed by atoms with Crippen LogP contribution < -0.4 is 9.64 Å². The van der Waals surface area contributed by atoms with E-state index in [0.29, 0.717) is 42.6 Å². The normalized spacial score (nSPS) is 18.9. The largest absolute Gasteiger partial charge is 0.494 e. The van der Waals surface area contributed by atoms with Crippen LogP contribution in [0.25, 0.3) is 0 Å². The van der Waals surface area contributed by atoms with E-state index in [2.05, 4.69) is 37.8 Å². The third-order valence-corrected chi connectivity index (χ3v) is 7.79. The molecule has 2 aromatic rings. The quantitative estimate of drug-likeness (QED) is 0.379. The molecule has 1 N–H and O–H groups in total. The Hall–Kier alpha value is -3.46. The molecule has 208 valence electrons. The molecule has 0 amide bonds. The number of esters is 1. The first-order valence-corrected chi connectivity index (χ1v) is 13.6. The molecule has 3 aliphatic rings. The van der Waals surface area contributed by atoms with Gasteiger partial charge in [0.25, 0.3) is 0 Å². The Kier molecular flexibility index (Phi) is 7.37. The van der Waals surface area contributed by atoms with Crippen LogP contribution in [-0.2, 0) is 26.2 Å². The van der Waals surface area contributed by atoms with E-state index in [1.54, 1.807) is 7.11 Å². The van der Waals surface area contributed by atoms with E-state index in [1.165, 1.54) is 7.11 Å². The second kappa shape index (κ2) is 10.6. The fourth-order valence-electron chi connectivity index (χ4n) is 5.39. The standard InChI is InChI=1S/C30H38N4O5/c1-30(2,3)22-12-20(13-24(28(22)38-5)33-11-10-21(15-33)39-17-26(36)37-4)25(35)16-34-14-19-8-9-23(18-6-7-18)32-27(19)29(34)31/h8-9,12-13,18,21,31H,6-7,10-11,14-17H2,1-5H3. The van der Waals surface area contributed by atoms with E-state index in [0.717, 1.165) is 47.5 Å². The number of carbonyl (C=O) groups excluding carboxylic acids is 2. The Morgan fingerprint density at radius 2 is 1.90 bits per heavy atom. The molecule has 3 heterocycles. The molecular formula is C30H38N4O5. The molecule has 9 heteroatoms. The second-order valence-electron chi connectivity index (χ2n) is 11.7. The smallest absolute Gasteiger partial charge is 0.331 e. The van der Waals surface area contributed by atoms with E-state index in [1.807, 2.05) is 17.0 Å². The molecule has 1 aromatic heterocycles. The van der Waals surface area contributed by atoms with Crippen molar-refractivity contribution >= 4 is 23.3 Å². The number of ketones is 1. The van der Waals surface area contributed by atoms with Gasteiger partial charge in [0.2, 0.25) is 0 Å². The summed E-state index contributed by atoms with van der Waals surface area (Å²) in [6.07, 6.45) is 2.95. The molecule has 39 heavy (non-hydrogen) atoms. The number of ether oxygens (including phenoxy) is 3. The van der Waals surface area contributed by atoms with Gasteiger partial charge < -0.3 is 24.0 Å². The zero-order valence-electron chi connectivity index (χ0n) is 23.5. The number of fused-ring (bicyclic) bond motifs is 1. The number of anilines is 1. The molecule has 1 aliphatic carbocycles. The molecule has 0 radical (unpaired) electrons. The first kappa shape index (κ1) is 27.1. The van der Waals surface area contributed by atoms with Crippen LogP contribution in [0.15, 0.2) is 24.3 Å². The van der Waals surface area contributed by atoms with Crippen molar-refractivity contribution < 1.29 is 23.8 Å². The van der Waals surface area contributed by atoms with Crippen molar-refractivity contribution in [3.05, 3.63) is 52.3 Å². The summed E-state index contributed by atoms with van der Waals surface area (Å²) in [7, 11) is 3.00. The second-order valence-corrected chi connectivity index (χ2v) is 11.7. The van der Waals surface area contributed by atoms with Gasteiger partial charge in [-0.05, 0) is 42.9 Å². The van der Waals surface area contributed by atoms with Crippen LogP contribution in [0.4, 0.5) is 5.69 Å². The van der Waals surface area contributed by atoms with Gasteiger partial charge in [-0.15, -0.1) is 0 Å². The lowest BCUT2D eigenvalue weighted by Gasteiger charge is -2.29. The molecule has 2 fully saturated rings. The van der Waals surface area contributed by atoms with Gasteiger partial charge in [0.05, 0.1) is 32.6 Å². The number of methoxy groups -OCH3 is 2. The Morgan fingerprint density at radius 3 is 2.56 bits per heavy atom. The van der Waals surface area contributed by atoms with E-state index in [9.17, 15) is 9.59 Å². The van der Waals surface area contributed by atoms with Gasteiger partial charge in [0, 0.05) is 47.9 Å². The summed E-state index contributed by atoms with van der Waals surface area (Å²) in [4.78, 5) is 34.0. The summed E-state index contributed by atoms with van der Waals surface area (Å²) in [6.45, 7) is 8.13. The number of hydrogen-bond acceptors (Lipinski definition) is 8. The maximum atomic E-state index is 13.7. The third kappa shape index (κ3) is 5.64. The van der Waals surface area contributed by atoms with Crippen molar-refractivity contribution in [3.8, 4) is 5.75 Å². The van der Waals surface area contributed by atoms with Crippen LogP contribution in [0.2, 0.25) is 0 Å². The van der Waals surface area contributed by atoms with Crippen molar-refractivity contribution in [2.45, 2.75) is 64.0 Å². The lowest BCUT2D eigenvalue weighted by Crippen LogP contribution is -2.31. The van der Waals surface area contributed by atoms with Gasteiger partial charge >= 0.3 is 5.97 Å². The molecule has 5 rings (SSSR count). The first-order chi connectivity index (χ1) is 18.6. The number of nitrogens with zero attached hydrogens (tertiary/aromatic N) is 3. The van der Waals surface area contributed by atoms with Crippen molar-refractivity contribution in [2.24, 2.45) is 0 Å². The van der Waals surface area contributed by atoms with Crippen LogP contribution in [0.1, 0.15) is 78.8 Å². The molecule has 1 saturated heterocycles. The van der Waals surface area contributed by atoms with E-state index in [-0.39, 0.29) is 30.5 Å². The van der Waals surface area contributed by atoms with Crippen LogP contribution in [0.3, 0.4) is 0 Å². The lowest BCUT2D eigenvalue weighted by atomic mass is 9.84. The molecule has 0 spiro atoms. The third-order valence-electron chi connectivity index (χ3n) is 7.79. The van der Waals surface area contributed by atoms with Gasteiger partial charge in [-0.2, -0.15) is 0 Å². The maximum absolute atomic E-state index is 13.7. The van der Waals surface area contributed by atoms with Gasteiger partial charge in [-0.25, -0.2) is 9.78 Å². The number of amidine groups is 1. The lowest BCUT2D eigenvalue weighted by molar-refractivity contribution is -0.147. The fourth-order valence-corrected chi connectivity index (χ4v) is 5.39. The van der Waals surface area contributed by atoms with Gasteiger partial charge in [0.15, 0.2) is 5.78 Å². The van der Waals surface area contributed by atoms with Crippen molar-refractivity contribution in [1.29, 1.82) is 5.41 Å². The van der Waals surface area contributed by atoms with Crippen LogP contribution in [-0.4, -0.2) is 74.0 Å². The molecule has 1 atom stereocenters. The minimum absolute atomic E-state index is 0.0536. The predicted octanol–water partition coefficient (Wildman–Crippen LogP) is 4.06. The van der Waals surface area contributed by atoms with E-state index < -0.39 is 5.97 Å². The summed E-state index contributed by atoms with van der Waals surface area (Å²) in [5, 5.41) is 8.73. The molecule has 1 aromatic carbocycles. The SMILES string of the molecule is COC(=O)COC1CCN(c2cc(C(=O)CN3Cc4ccc(C5CC5)nc4C3=N)cc(C(C)(C)C)c2OC)C1. The Morgan fingerprint density at radius 1 is 1.13 bits per heavy atom. The van der Waals surface area contributed by atoms with E-state index in [4.69, 9.17) is 24.6 Å². The number of pyridine rings is 1. The van der Waals surface area contributed by atoms with Crippen LogP contribution in [0, 0.1) is 5.41 Å². The van der Waals surface area contributed by atoms with E-state index >= 15 is 0 Å². The van der Waals surface area contributed by atoms with Crippen molar-refractivity contribution in [3.63, 3.8) is 0 Å². The highest BCUT2D eigenvalue weighted by Gasteiger charge is 2.33. The molecule has 0 bridgehead atoms. The summed E-state index contributed by atoms with van der Waals surface area (Å²) in [6, 6.07) is 7.96. The monoisotopic (exact) mass is 534 g/mol. The van der Waals surface area contributed by atoms with Gasteiger partial charge in [-0.1, -0.05) is 26.8 Å². The highest BCUT2D eigenvalue weighted by molar-refractivity contribution is 6.05. The fraction of sp³-hybridized carbons (Fsp3) is 0.533. The number of hydrogen-bond donors (Lipinski definition) is 1. The maximum Gasteiger partial charge on any atom is 0.331 e. The summed E-state index contributed by atoms with van der Waals surface area (Å²) >= 11 is 0.